The van der Waals surface area contributed by atoms with Crippen LogP contribution in [0.4, 0.5) is 29.5 Å². The number of hydrogen-bond acceptors (Lipinski definition) is 6. The van der Waals surface area contributed by atoms with Gasteiger partial charge < -0.3 is 10.1 Å². The van der Waals surface area contributed by atoms with E-state index < -0.39 is 36.4 Å². The molecule has 9 nitrogen and oxygen atoms in total. The van der Waals surface area contributed by atoms with Gasteiger partial charge in [-0.25, -0.2) is 22.9 Å². The fraction of sp³-hybridized carbons (Fsp3) is 0.367. The molecule has 2 N–H and O–H groups in total. The van der Waals surface area contributed by atoms with Crippen LogP contribution in [0.2, 0.25) is 0 Å². The maximum atomic E-state index is 16.0. The Balaban J connectivity index is 1.45. The maximum absolute atomic E-state index is 16.0. The highest BCUT2D eigenvalue weighted by atomic mass is 19.3. The molecule has 0 spiro atoms. The van der Waals surface area contributed by atoms with Crippen LogP contribution in [0.5, 0.6) is 0 Å². The van der Waals surface area contributed by atoms with E-state index in [2.05, 4.69) is 25.7 Å². The van der Waals surface area contributed by atoms with E-state index in [-0.39, 0.29) is 34.8 Å². The lowest BCUT2D eigenvalue weighted by Gasteiger charge is -2.21. The number of rotatable bonds is 7. The van der Waals surface area contributed by atoms with Gasteiger partial charge in [0.15, 0.2) is 5.82 Å². The van der Waals surface area contributed by atoms with Crippen molar-refractivity contribution in [3.05, 3.63) is 66.1 Å². The Morgan fingerprint density at radius 1 is 1.12 bits per heavy atom. The van der Waals surface area contributed by atoms with Gasteiger partial charge in [-0.05, 0) is 68.3 Å². The van der Waals surface area contributed by atoms with Crippen molar-refractivity contribution in [1.29, 1.82) is 0 Å². The summed E-state index contributed by atoms with van der Waals surface area (Å²) in [6.07, 6.45) is 4.23. The molecule has 3 aromatic heterocycles. The Bertz CT molecular complexity index is 1670. The number of aromatic nitrogens is 4. The smallest absolute Gasteiger partial charge is 0.412 e. The number of amides is 2. The molecule has 1 unspecified atom stereocenters. The molecule has 4 aromatic rings. The number of nitrogens with zero attached hydrogens (tertiary/aromatic N) is 4. The number of alkyl halides is 2. The van der Waals surface area contributed by atoms with Crippen molar-refractivity contribution in [1.82, 2.24) is 19.7 Å². The number of nitrogens with one attached hydrogen (secondary N) is 2. The summed E-state index contributed by atoms with van der Waals surface area (Å²) >= 11 is 0. The average Bonchev–Trinajstić information content (AvgIpc) is 3.35. The minimum Gasteiger partial charge on any atom is -0.444 e. The fourth-order valence-electron chi connectivity index (χ4n) is 5.19. The lowest BCUT2D eigenvalue weighted by molar-refractivity contribution is -0.117. The molecule has 0 saturated heterocycles. The van der Waals surface area contributed by atoms with Gasteiger partial charge in [0.2, 0.25) is 5.91 Å². The summed E-state index contributed by atoms with van der Waals surface area (Å²) < 4.78 is 47.9. The Morgan fingerprint density at radius 2 is 1.88 bits per heavy atom. The van der Waals surface area contributed by atoms with E-state index in [4.69, 9.17) is 4.74 Å². The van der Waals surface area contributed by atoms with Crippen LogP contribution in [0, 0.1) is 24.6 Å². The van der Waals surface area contributed by atoms with Crippen molar-refractivity contribution >= 4 is 34.3 Å². The number of pyridine rings is 2. The number of anilines is 2. The third-order valence-corrected chi connectivity index (χ3v) is 7.21. The van der Waals surface area contributed by atoms with Crippen molar-refractivity contribution in [2.75, 3.05) is 10.6 Å². The summed E-state index contributed by atoms with van der Waals surface area (Å²) in [7, 11) is 0. The molecule has 0 bridgehead atoms. The maximum Gasteiger partial charge on any atom is 0.412 e. The summed E-state index contributed by atoms with van der Waals surface area (Å²) in [6.45, 7) is 8.33. The highest BCUT2D eigenvalue weighted by Gasteiger charge is 2.53. The Morgan fingerprint density at radius 3 is 2.57 bits per heavy atom. The standard InChI is InChI=1S/C30H31F3N6O3/c1-15-6-7-34-11-20(15)19-8-17-9-23(35-12-21(17)27(26(19)33)38-29(41)42-30(3,4)5)37-28(40)25-16(2)24(25)18-10-36-39(13-18)14-22(31)32/h6-13,16,22,24-25H,14H2,1-5H3,(H,38,41)(H,35,37,40)/t16?,24-,25+/m1/s1. The average molecular weight is 581 g/mol. The zero-order chi connectivity index (χ0) is 30.3. The molecule has 1 aliphatic carbocycles. The molecule has 1 aromatic carbocycles. The van der Waals surface area contributed by atoms with Crippen molar-refractivity contribution in [2.24, 2.45) is 11.8 Å². The molecule has 1 aliphatic rings. The molecule has 3 atom stereocenters. The van der Waals surface area contributed by atoms with Crippen molar-refractivity contribution in [3.8, 4) is 11.1 Å². The fourth-order valence-corrected chi connectivity index (χ4v) is 5.19. The monoisotopic (exact) mass is 580 g/mol. The van der Waals surface area contributed by atoms with Crippen LogP contribution in [-0.4, -0.2) is 43.8 Å². The molecule has 12 heteroatoms. The first-order chi connectivity index (χ1) is 19.8. The topological polar surface area (TPSA) is 111 Å². The van der Waals surface area contributed by atoms with Crippen LogP contribution in [0.15, 0.2) is 49.2 Å². The molecule has 220 valence electrons. The summed E-state index contributed by atoms with van der Waals surface area (Å²) in [5, 5.41) is 10.2. The van der Waals surface area contributed by atoms with Gasteiger partial charge in [-0.2, -0.15) is 5.10 Å². The number of ether oxygens (including phenoxy) is 1. The largest absolute Gasteiger partial charge is 0.444 e. The molecule has 1 fully saturated rings. The van der Waals surface area contributed by atoms with Crippen LogP contribution >= 0.6 is 0 Å². The lowest BCUT2D eigenvalue weighted by Crippen LogP contribution is -2.27. The normalized spacial score (nSPS) is 18.3. The summed E-state index contributed by atoms with van der Waals surface area (Å²) in [4.78, 5) is 34.3. The minimum atomic E-state index is -2.52. The van der Waals surface area contributed by atoms with E-state index >= 15 is 4.39 Å². The zero-order valence-electron chi connectivity index (χ0n) is 23.8. The second kappa shape index (κ2) is 11.1. The van der Waals surface area contributed by atoms with Crippen LogP contribution in [0.1, 0.15) is 44.7 Å². The molecule has 3 heterocycles. The van der Waals surface area contributed by atoms with Gasteiger partial charge >= 0.3 is 6.09 Å². The Hall–Kier alpha value is -4.48. The number of aryl methyl sites for hydroxylation is 1. The first kappa shape index (κ1) is 29.0. The van der Waals surface area contributed by atoms with Crippen molar-refractivity contribution in [3.63, 3.8) is 0 Å². The molecule has 42 heavy (non-hydrogen) atoms. The molecular weight excluding hydrogens is 549 g/mol. The highest BCUT2D eigenvalue weighted by Crippen LogP contribution is 2.54. The first-order valence-corrected chi connectivity index (χ1v) is 13.5. The molecule has 2 amide bonds. The second-order valence-corrected chi connectivity index (χ2v) is 11.5. The van der Waals surface area contributed by atoms with Gasteiger partial charge in [-0.15, -0.1) is 0 Å². The second-order valence-electron chi connectivity index (χ2n) is 11.5. The van der Waals surface area contributed by atoms with Crippen LogP contribution in [0.25, 0.3) is 21.9 Å². The third-order valence-electron chi connectivity index (χ3n) is 7.21. The quantitative estimate of drug-likeness (QED) is 0.257. The molecule has 0 aliphatic heterocycles. The zero-order valence-corrected chi connectivity index (χ0v) is 23.8. The van der Waals surface area contributed by atoms with Crippen LogP contribution < -0.4 is 10.6 Å². The SMILES string of the molecule is Cc1ccncc1-c1cc2cc(NC(=O)[C@H]3C(C)[C@@H]3c3cnn(CC(F)F)c3)ncc2c(NC(=O)OC(C)(C)C)c1F. The molecule has 5 rings (SSSR count). The van der Waals surface area contributed by atoms with Gasteiger partial charge in [0, 0.05) is 53.1 Å². The number of fused-ring (bicyclic) bond motifs is 1. The van der Waals surface area contributed by atoms with Gasteiger partial charge in [0.1, 0.15) is 18.0 Å². The van der Waals surface area contributed by atoms with E-state index in [1.165, 1.54) is 17.1 Å². The predicted octanol–water partition coefficient (Wildman–Crippen LogP) is 6.54. The lowest BCUT2D eigenvalue weighted by atomic mass is 9.98. The summed E-state index contributed by atoms with van der Waals surface area (Å²) in [5.41, 5.74) is 1.33. The van der Waals surface area contributed by atoms with Gasteiger partial charge in [-0.3, -0.25) is 19.8 Å². The van der Waals surface area contributed by atoms with Gasteiger partial charge in [0.25, 0.3) is 6.43 Å². The van der Waals surface area contributed by atoms with Crippen molar-refractivity contribution in [2.45, 2.75) is 59.1 Å². The molecule has 0 radical (unpaired) electrons. The summed E-state index contributed by atoms with van der Waals surface area (Å²) in [5.74, 6) is -1.28. The van der Waals surface area contributed by atoms with E-state index in [1.807, 2.05) is 13.8 Å². The van der Waals surface area contributed by atoms with Gasteiger partial charge in [-0.1, -0.05) is 6.92 Å². The molecular formula is C30H31F3N6O3. The highest BCUT2D eigenvalue weighted by molar-refractivity contribution is 6.05. The Labute approximate surface area is 240 Å². The van der Waals surface area contributed by atoms with Crippen molar-refractivity contribution < 1.29 is 27.5 Å². The van der Waals surface area contributed by atoms with E-state index in [0.717, 1.165) is 11.1 Å². The molecule has 1 saturated carbocycles. The van der Waals surface area contributed by atoms with Gasteiger partial charge in [0.05, 0.1) is 11.9 Å². The predicted molar refractivity (Wildman–Crippen MR) is 152 cm³/mol. The first-order valence-electron chi connectivity index (χ1n) is 13.5. The van der Waals surface area contributed by atoms with Crippen LogP contribution in [-0.2, 0) is 16.1 Å². The number of carbonyl (C=O) groups is 2. The number of carbonyl (C=O) groups excluding carboxylic acids is 2. The number of halogens is 3. The summed E-state index contributed by atoms with van der Waals surface area (Å²) in [6, 6.07) is 4.97. The minimum absolute atomic E-state index is 0.0199. The number of hydrogen-bond donors (Lipinski definition) is 2. The Kier molecular flexibility index (Phi) is 7.65. The third kappa shape index (κ3) is 6.07. The number of benzene rings is 1. The van der Waals surface area contributed by atoms with E-state index in [9.17, 15) is 18.4 Å². The van der Waals surface area contributed by atoms with Crippen LogP contribution in [0.3, 0.4) is 0 Å². The van der Waals surface area contributed by atoms with E-state index in [0.29, 0.717) is 16.3 Å². The van der Waals surface area contributed by atoms with E-state index in [1.54, 1.807) is 57.6 Å².